The first-order valence-electron chi connectivity index (χ1n) is 13.1. The highest BCUT2D eigenvalue weighted by molar-refractivity contribution is 6.31. The summed E-state index contributed by atoms with van der Waals surface area (Å²) in [5.74, 6) is 2.56. The number of anilines is 2. The largest absolute Gasteiger partial charge is 0.381 e. The van der Waals surface area contributed by atoms with Crippen LogP contribution in [0.1, 0.15) is 50.5 Å². The van der Waals surface area contributed by atoms with E-state index in [0.29, 0.717) is 29.6 Å². The number of rotatable bonds is 8. The third-order valence-corrected chi connectivity index (χ3v) is 9.19. The van der Waals surface area contributed by atoms with E-state index in [0.717, 1.165) is 55.9 Å². The average Bonchev–Trinajstić information content (AvgIpc) is 2.86. The van der Waals surface area contributed by atoms with E-state index in [1.807, 2.05) is 24.3 Å². The highest BCUT2D eigenvalue weighted by Crippen LogP contribution is 2.60. The third-order valence-electron chi connectivity index (χ3n) is 8.82. The first-order valence-corrected chi connectivity index (χ1v) is 13.5. The van der Waals surface area contributed by atoms with Crippen LogP contribution in [0.3, 0.4) is 0 Å². The lowest BCUT2D eigenvalue weighted by Gasteiger charge is -2.61. The number of nitrogens with zero attached hydrogens (tertiary/aromatic N) is 2. The Labute approximate surface area is 211 Å². The monoisotopic (exact) mass is 499 g/mol. The van der Waals surface area contributed by atoms with Crippen molar-refractivity contribution in [3.05, 3.63) is 46.9 Å². The minimum atomic E-state index is -0.405. The lowest BCUT2D eigenvalue weighted by molar-refractivity contribution is -0.0752. The highest BCUT2D eigenvalue weighted by Gasteiger charge is 2.55. The predicted molar refractivity (Wildman–Crippen MR) is 136 cm³/mol. The van der Waals surface area contributed by atoms with Crippen LogP contribution in [-0.2, 0) is 11.3 Å². The third kappa shape index (κ3) is 5.00. The van der Waals surface area contributed by atoms with Crippen molar-refractivity contribution in [3.63, 3.8) is 0 Å². The van der Waals surface area contributed by atoms with Crippen LogP contribution in [0, 0.1) is 29.0 Å². The van der Waals surface area contributed by atoms with Gasteiger partial charge < -0.3 is 20.7 Å². The summed E-state index contributed by atoms with van der Waals surface area (Å²) in [7, 11) is 0. The summed E-state index contributed by atoms with van der Waals surface area (Å²) in [6.07, 6.45) is 9.89. The zero-order valence-corrected chi connectivity index (χ0v) is 20.9. The Morgan fingerprint density at radius 2 is 1.83 bits per heavy atom. The fraction of sp³-hybridized carbons (Fsp3) is 0.630. The molecular formula is C27H35ClFN5O. The summed E-state index contributed by atoms with van der Waals surface area (Å²) >= 11 is 6.25. The fourth-order valence-corrected chi connectivity index (χ4v) is 7.68. The highest BCUT2D eigenvalue weighted by atomic mass is 35.5. The molecule has 7 rings (SSSR count). The molecule has 1 aromatic carbocycles. The Bertz CT molecular complexity index is 1030. The maximum Gasteiger partial charge on any atom is 0.225 e. The Morgan fingerprint density at radius 3 is 2.60 bits per heavy atom. The molecule has 4 aliphatic carbocycles. The maximum atomic E-state index is 14.6. The molecule has 1 aromatic heterocycles. The zero-order chi connectivity index (χ0) is 23.8. The second kappa shape index (κ2) is 9.83. The Morgan fingerprint density at radius 1 is 1.06 bits per heavy atom. The fourth-order valence-electron chi connectivity index (χ4n) is 7.48. The molecule has 4 bridgehead atoms. The van der Waals surface area contributed by atoms with Crippen molar-refractivity contribution in [2.45, 2.75) is 63.6 Å². The van der Waals surface area contributed by atoms with E-state index in [1.165, 1.54) is 38.3 Å². The Hall–Kier alpha value is -1.96. The number of aromatic nitrogens is 2. The first kappa shape index (κ1) is 23.4. The molecule has 8 heteroatoms. The van der Waals surface area contributed by atoms with Gasteiger partial charge in [0.15, 0.2) is 11.6 Å². The van der Waals surface area contributed by atoms with Crippen molar-refractivity contribution in [2.75, 3.05) is 30.4 Å². The summed E-state index contributed by atoms with van der Waals surface area (Å²) in [6.45, 7) is 3.03. The minimum Gasteiger partial charge on any atom is -0.381 e. The van der Waals surface area contributed by atoms with Crippen LogP contribution in [0.2, 0.25) is 5.02 Å². The maximum absolute atomic E-state index is 14.6. The average molecular weight is 500 g/mol. The van der Waals surface area contributed by atoms with E-state index >= 15 is 0 Å². The number of nitrogens with one attached hydrogen (secondary N) is 3. The summed E-state index contributed by atoms with van der Waals surface area (Å²) in [4.78, 5) is 8.58. The van der Waals surface area contributed by atoms with Crippen molar-refractivity contribution in [2.24, 2.45) is 23.2 Å². The smallest absolute Gasteiger partial charge is 0.225 e. The van der Waals surface area contributed by atoms with Gasteiger partial charge in [-0.15, -0.1) is 0 Å². The van der Waals surface area contributed by atoms with Crippen LogP contribution in [0.25, 0.3) is 0 Å². The molecule has 1 aliphatic heterocycles. The summed E-state index contributed by atoms with van der Waals surface area (Å²) in [5, 5.41) is 11.3. The van der Waals surface area contributed by atoms with Crippen LogP contribution in [0.15, 0.2) is 30.5 Å². The molecule has 1 saturated heterocycles. The van der Waals surface area contributed by atoms with Crippen molar-refractivity contribution in [3.8, 4) is 0 Å². The molecule has 6 nitrogen and oxygen atoms in total. The van der Waals surface area contributed by atoms with E-state index in [-0.39, 0.29) is 11.2 Å². The van der Waals surface area contributed by atoms with Gasteiger partial charge in [-0.05, 0) is 79.7 Å². The van der Waals surface area contributed by atoms with Crippen LogP contribution in [0.4, 0.5) is 16.2 Å². The van der Waals surface area contributed by atoms with Crippen molar-refractivity contribution < 1.29 is 9.13 Å². The van der Waals surface area contributed by atoms with Gasteiger partial charge in [0, 0.05) is 43.4 Å². The summed E-state index contributed by atoms with van der Waals surface area (Å²) in [6, 6.07) is 8.89. The molecule has 188 valence electrons. The molecule has 5 aliphatic rings. The second-order valence-corrected chi connectivity index (χ2v) is 11.6. The lowest BCUT2D eigenvalue weighted by Crippen LogP contribution is -2.61. The van der Waals surface area contributed by atoms with Gasteiger partial charge >= 0.3 is 0 Å². The van der Waals surface area contributed by atoms with Gasteiger partial charge in [0.05, 0.1) is 6.20 Å². The molecule has 4 saturated carbocycles. The molecule has 2 heterocycles. The Balaban J connectivity index is 1.09. The van der Waals surface area contributed by atoms with Gasteiger partial charge in [-0.25, -0.2) is 9.37 Å². The molecule has 1 unspecified atom stereocenters. The van der Waals surface area contributed by atoms with E-state index in [4.69, 9.17) is 16.3 Å². The van der Waals surface area contributed by atoms with E-state index < -0.39 is 5.82 Å². The summed E-state index contributed by atoms with van der Waals surface area (Å²) in [5.41, 5.74) is 1.20. The number of hydrogen-bond acceptors (Lipinski definition) is 6. The van der Waals surface area contributed by atoms with E-state index in [2.05, 4.69) is 25.9 Å². The molecule has 35 heavy (non-hydrogen) atoms. The van der Waals surface area contributed by atoms with E-state index in [9.17, 15) is 4.39 Å². The molecule has 3 N–H and O–H groups in total. The standard InChI is InChI=1S/C27H35ClFN5O/c28-22-4-2-1-3-18(22)14-30-26-31-15-23(29)25(34-26)32-16-27-11-17-9-19(12-27)24(20(10-17)13-27)33-21-5-7-35-8-6-21/h1-4,15,17,19-21,24,33H,5-14,16H2,(H2,30,31,32,34)/t17?,19-,20+,24-,27-. The van der Waals surface area contributed by atoms with Gasteiger partial charge in [0.2, 0.25) is 5.95 Å². The van der Waals surface area contributed by atoms with Crippen molar-refractivity contribution >= 4 is 23.4 Å². The van der Waals surface area contributed by atoms with Crippen LogP contribution in [-0.4, -0.2) is 41.8 Å². The first-order chi connectivity index (χ1) is 17.1. The molecule has 0 radical (unpaired) electrons. The van der Waals surface area contributed by atoms with E-state index in [1.54, 1.807) is 0 Å². The molecule has 0 spiro atoms. The van der Waals surface area contributed by atoms with Gasteiger partial charge in [-0.1, -0.05) is 29.8 Å². The van der Waals surface area contributed by atoms with Gasteiger partial charge in [0.25, 0.3) is 0 Å². The molecule has 5 fully saturated rings. The van der Waals surface area contributed by atoms with Gasteiger partial charge in [0.1, 0.15) is 0 Å². The van der Waals surface area contributed by atoms with Gasteiger partial charge in [-0.3, -0.25) is 0 Å². The number of halogens is 2. The molecule has 2 aromatic rings. The van der Waals surface area contributed by atoms with Gasteiger partial charge in [-0.2, -0.15) is 4.98 Å². The number of benzene rings is 1. The Kier molecular flexibility index (Phi) is 6.58. The predicted octanol–water partition coefficient (Wildman–Crippen LogP) is 5.26. The van der Waals surface area contributed by atoms with Crippen LogP contribution < -0.4 is 16.0 Å². The minimum absolute atomic E-state index is 0.243. The number of hydrogen-bond donors (Lipinski definition) is 3. The summed E-state index contributed by atoms with van der Waals surface area (Å²) < 4.78 is 20.2. The van der Waals surface area contributed by atoms with Crippen LogP contribution >= 0.6 is 11.6 Å². The topological polar surface area (TPSA) is 71.1 Å². The molecule has 0 amide bonds. The SMILES string of the molecule is Fc1cnc(NCc2ccccc2Cl)nc1NC[C@]12CC3C[C@H](C1)[C@@H](NC1CCOCC1)[C@@H](C3)C2. The van der Waals surface area contributed by atoms with Crippen molar-refractivity contribution in [1.82, 2.24) is 15.3 Å². The number of ether oxygens (including phenoxy) is 1. The lowest BCUT2D eigenvalue weighted by atomic mass is 9.48. The van der Waals surface area contributed by atoms with Crippen LogP contribution in [0.5, 0.6) is 0 Å². The molecule has 5 atom stereocenters. The zero-order valence-electron chi connectivity index (χ0n) is 20.1. The van der Waals surface area contributed by atoms with Crippen molar-refractivity contribution in [1.29, 1.82) is 0 Å². The molecular weight excluding hydrogens is 465 g/mol. The quantitative estimate of drug-likeness (QED) is 0.460. The second-order valence-electron chi connectivity index (χ2n) is 11.2. The normalized spacial score (nSPS) is 32.1.